The van der Waals surface area contributed by atoms with Crippen LogP contribution in [0.4, 0.5) is 0 Å². The molecule has 180 valence electrons. The number of thioether (sulfide) groups is 1. The molecule has 6 rings (SSSR count). The zero-order valence-electron chi connectivity index (χ0n) is 19.9. The monoisotopic (exact) mass is 495 g/mol. The van der Waals surface area contributed by atoms with Gasteiger partial charge in [-0.25, -0.2) is 4.57 Å². The predicted octanol–water partition coefficient (Wildman–Crippen LogP) is 4.87. The number of rotatable bonds is 5. The Balaban J connectivity index is 1.36. The number of aryl methyl sites for hydroxylation is 1. The minimum absolute atomic E-state index is 0.107. The smallest absolute Gasteiger partial charge is 0.267 e. The van der Waals surface area contributed by atoms with E-state index in [1.807, 2.05) is 89.0 Å². The molecule has 0 spiro atoms. The highest BCUT2D eigenvalue weighted by Gasteiger charge is 2.20. The molecule has 36 heavy (non-hydrogen) atoms. The number of para-hydroxylation sites is 2. The van der Waals surface area contributed by atoms with E-state index in [2.05, 4.69) is 10.2 Å². The molecule has 7 nitrogen and oxygen atoms in total. The number of carbonyl (C=O) groups is 1. The molecule has 8 heteroatoms. The summed E-state index contributed by atoms with van der Waals surface area (Å²) in [5.41, 5.74) is 4.26. The van der Waals surface area contributed by atoms with Crippen LogP contribution in [0.1, 0.15) is 34.3 Å². The van der Waals surface area contributed by atoms with Crippen LogP contribution in [-0.2, 0) is 5.75 Å². The van der Waals surface area contributed by atoms with Crippen molar-refractivity contribution in [3.8, 4) is 5.69 Å². The number of likely N-dealkylation sites (tertiary alicyclic amines) is 1. The van der Waals surface area contributed by atoms with Gasteiger partial charge in [0.2, 0.25) is 5.78 Å². The highest BCUT2D eigenvalue weighted by atomic mass is 32.2. The first-order chi connectivity index (χ1) is 17.6. The lowest BCUT2D eigenvalue weighted by Gasteiger charge is -2.15. The minimum atomic E-state index is -0.116. The van der Waals surface area contributed by atoms with Crippen molar-refractivity contribution in [2.75, 3.05) is 13.1 Å². The lowest BCUT2D eigenvalue weighted by molar-refractivity contribution is 0.0793. The van der Waals surface area contributed by atoms with Gasteiger partial charge in [-0.1, -0.05) is 54.2 Å². The lowest BCUT2D eigenvalue weighted by atomic mass is 10.1. The average molecular weight is 496 g/mol. The van der Waals surface area contributed by atoms with E-state index in [0.29, 0.717) is 22.1 Å². The number of benzene rings is 3. The van der Waals surface area contributed by atoms with Crippen molar-refractivity contribution in [1.29, 1.82) is 0 Å². The SMILES string of the molecule is Cc1ccccc1-n1c(=O)c2ccccc2n2c(SCc3ccc(C(=O)N4CCCC4)cc3)nnc12. The highest BCUT2D eigenvalue weighted by Crippen LogP contribution is 2.26. The van der Waals surface area contributed by atoms with Crippen LogP contribution in [0.15, 0.2) is 82.7 Å². The first-order valence-corrected chi connectivity index (χ1v) is 13.1. The maximum atomic E-state index is 13.5. The summed E-state index contributed by atoms with van der Waals surface area (Å²) >= 11 is 1.56. The molecule has 0 bridgehead atoms. The minimum Gasteiger partial charge on any atom is -0.339 e. The van der Waals surface area contributed by atoms with Gasteiger partial charge in [-0.3, -0.25) is 14.0 Å². The van der Waals surface area contributed by atoms with Crippen LogP contribution < -0.4 is 5.56 Å². The van der Waals surface area contributed by atoms with E-state index >= 15 is 0 Å². The van der Waals surface area contributed by atoms with E-state index in [0.717, 1.165) is 53.8 Å². The van der Waals surface area contributed by atoms with Gasteiger partial charge < -0.3 is 4.90 Å². The number of nitrogens with zero attached hydrogens (tertiary/aromatic N) is 5. The molecule has 0 atom stereocenters. The van der Waals surface area contributed by atoms with Gasteiger partial charge in [0.15, 0.2) is 5.16 Å². The van der Waals surface area contributed by atoms with Crippen molar-refractivity contribution in [3.05, 3.63) is 99.8 Å². The van der Waals surface area contributed by atoms with Crippen LogP contribution in [-0.4, -0.2) is 43.1 Å². The standard InChI is InChI=1S/C28H25N5O2S/c1-19-8-2-4-10-23(19)32-26(35)22-9-3-5-11-24(22)33-27(32)29-30-28(33)36-18-20-12-14-21(15-13-20)25(34)31-16-6-7-17-31/h2-5,8-15H,6-7,16-18H2,1H3. The van der Waals surface area contributed by atoms with Crippen LogP contribution in [0, 0.1) is 6.92 Å². The number of fused-ring (bicyclic) bond motifs is 3. The number of hydrogen-bond donors (Lipinski definition) is 0. The maximum absolute atomic E-state index is 13.5. The molecule has 1 aliphatic heterocycles. The van der Waals surface area contributed by atoms with Crippen molar-refractivity contribution >= 4 is 34.3 Å². The van der Waals surface area contributed by atoms with Crippen molar-refractivity contribution in [2.24, 2.45) is 0 Å². The Hall–Kier alpha value is -3.91. The van der Waals surface area contributed by atoms with Gasteiger partial charge in [-0.15, -0.1) is 10.2 Å². The fraction of sp³-hybridized carbons (Fsp3) is 0.214. The molecule has 3 aromatic carbocycles. The Morgan fingerprint density at radius 2 is 1.64 bits per heavy atom. The Morgan fingerprint density at radius 3 is 2.42 bits per heavy atom. The van der Waals surface area contributed by atoms with Gasteiger partial charge in [-0.05, 0) is 61.2 Å². The van der Waals surface area contributed by atoms with Crippen LogP contribution in [0.2, 0.25) is 0 Å². The zero-order chi connectivity index (χ0) is 24.6. The molecular formula is C28H25N5O2S. The van der Waals surface area contributed by atoms with Crippen molar-refractivity contribution in [3.63, 3.8) is 0 Å². The molecule has 2 aromatic heterocycles. The molecule has 3 heterocycles. The highest BCUT2D eigenvalue weighted by molar-refractivity contribution is 7.98. The quantitative estimate of drug-likeness (QED) is 0.325. The second-order valence-corrected chi connectivity index (χ2v) is 9.99. The molecule has 1 saturated heterocycles. The molecule has 0 unspecified atom stereocenters. The molecule has 1 fully saturated rings. The summed E-state index contributed by atoms with van der Waals surface area (Å²) in [6.45, 7) is 3.67. The molecule has 1 aliphatic rings. The third kappa shape index (κ3) is 3.87. The lowest BCUT2D eigenvalue weighted by Crippen LogP contribution is -2.27. The molecular weight excluding hydrogens is 470 g/mol. The van der Waals surface area contributed by atoms with E-state index in [4.69, 9.17) is 0 Å². The second kappa shape index (κ2) is 9.28. The van der Waals surface area contributed by atoms with Crippen LogP contribution >= 0.6 is 11.8 Å². The number of hydrogen-bond acceptors (Lipinski definition) is 5. The fourth-order valence-electron chi connectivity index (χ4n) is 4.80. The van der Waals surface area contributed by atoms with Gasteiger partial charge in [0.25, 0.3) is 11.5 Å². The largest absolute Gasteiger partial charge is 0.339 e. The summed E-state index contributed by atoms with van der Waals surface area (Å²) in [7, 11) is 0. The van der Waals surface area contributed by atoms with Gasteiger partial charge in [0.05, 0.1) is 16.6 Å². The molecule has 0 aliphatic carbocycles. The van der Waals surface area contributed by atoms with Gasteiger partial charge in [0.1, 0.15) is 0 Å². The van der Waals surface area contributed by atoms with E-state index in [-0.39, 0.29) is 11.5 Å². The molecule has 0 saturated carbocycles. The number of aromatic nitrogens is 4. The predicted molar refractivity (Wildman–Crippen MR) is 142 cm³/mol. The van der Waals surface area contributed by atoms with Gasteiger partial charge >= 0.3 is 0 Å². The van der Waals surface area contributed by atoms with Crippen LogP contribution in [0.3, 0.4) is 0 Å². The topological polar surface area (TPSA) is 72.5 Å². The average Bonchev–Trinajstić information content (AvgIpc) is 3.59. The van der Waals surface area contributed by atoms with Gasteiger partial charge in [0, 0.05) is 24.4 Å². The maximum Gasteiger partial charge on any atom is 0.267 e. The number of amides is 1. The molecule has 0 radical (unpaired) electrons. The van der Waals surface area contributed by atoms with Gasteiger partial charge in [-0.2, -0.15) is 0 Å². The van der Waals surface area contributed by atoms with Crippen molar-refractivity contribution < 1.29 is 4.79 Å². The molecule has 5 aromatic rings. The summed E-state index contributed by atoms with van der Waals surface area (Å²) in [5, 5.41) is 10.2. The van der Waals surface area contributed by atoms with Crippen LogP contribution in [0.25, 0.3) is 22.4 Å². The van der Waals surface area contributed by atoms with E-state index in [9.17, 15) is 9.59 Å². The van der Waals surface area contributed by atoms with Crippen LogP contribution in [0.5, 0.6) is 0 Å². The third-order valence-corrected chi connectivity index (χ3v) is 7.71. The summed E-state index contributed by atoms with van der Waals surface area (Å²) in [5.74, 6) is 1.26. The Bertz CT molecular complexity index is 1650. The third-order valence-electron chi connectivity index (χ3n) is 6.71. The Kier molecular flexibility index (Phi) is 5.81. The normalized spacial score (nSPS) is 13.6. The fourth-order valence-corrected chi connectivity index (χ4v) is 5.69. The summed E-state index contributed by atoms with van der Waals surface area (Å²) in [6, 6.07) is 23.2. The van der Waals surface area contributed by atoms with E-state index < -0.39 is 0 Å². The van der Waals surface area contributed by atoms with Crippen molar-refractivity contribution in [2.45, 2.75) is 30.7 Å². The summed E-state index contributed by atoms with van der Waals surface area (Å²) in [4.78, 5) is 28.1. The Labute approximate surface area is 212 Å². The molecule has 1 amide bonds. The van der Waals surface area contributed by atoms with E-state index in [1.165, 1.54) is 0 Å². The van der Waals surface area contributed by atoms with E-state index in [1.54, 1.807) is 16.3 Å². The first kappa shape index (κ1) is 22.5. The zero-order valence-corrected chi connectivity index (χ0v) is 20.7. The Morgan fingerprint density at radius 1 is 0.917 bits per heavy atom. The summed E-state index contributed by atoms with van der Waals surface area (Å²) in [6.07, 6.45) is 2.16. The molecule has 0 N–H and O–H groups in total. The summed E-state index contributed by atoms with van der Waals surface area (Å²) < 4.78 is 3.60. The number of carbonyl (C=O) groups excluding carboxylic acids is 1. The van der Waals surface area contributed by atoms with Crippen molar-refractivity contribution in [1.82, 2.24) is 24.1 Å². The first-order valence-electron chi connectivity index (χ1n) is 12.1. The second-order valence-electron chi connectivity index (χ2n) is 9.05.